The van der Waals surface area contributed by atoms with Crippen molar-refractivity contribution in [3.05, 3.63) is 65.7 Å². The number of aliphatic hydroxyl groups excluding tert-OH is 1. The third-order valence-corrected chi connectivity index (χ3v) is 5.94. The molecule has 0 fully saturated rings. The van der Waals surface area contributed by atoms with Crippen molar-refractivity contribution < 1.29 is 14.6 Å². The maximum absolute atomic E-state index is 12.5. The van der Waals surface area contributed by atoms with E-state index >= 15 is 0 Å². The van der Waals surface area contributed by atoms with Crippen LogP contribution in [0.3, 0.4) is 0 Å². The first-order valence-corrected chi connectivity index (χ1v) is 12.5. The summed E-state index contributed by atoms with van der Waals surface area (Å²) < 4.78 is 5.92. The number of nitrogens with zero attached hydrogens (tertiary/aromatic N) is 1. The summed E-state index contributed by atoms with van der Waals surface area (Å²) in [5.74, 6) is 0.885. The molecule has 182 valence electrons. The van der Waals surface area contributed by atoms with E-state index in [0.717, 1.165) is 30.9 Å². The van der Waals surface area contributed by atoms with E-state index in [1.807, 2.05) is 61.5 Å². The molecule has 0 amide bonds. The van der Waals surface area contributed by atoms with E-state index in [0.29, 0.717) is 25.1 Å². The van der Waals surface area contributed by atoms with Crippen LogP contribution in [-0.4, -0.2) is 54.6 Å². The molecule has 0 aromatic heterocycles. The SMILES string of the molecule is CCCCN(CCCC)CCOc1ccc(C(=O)CCNC(C)C(O)c2ccccc2)cc1. The van der Waals surface area contributed by atoms with Crippen LogP contribution in [0.5, 0.6) is 5.75 Å². The van der Waals surface area contributed by atoms with Crippen LogP contribution in [0.2, 0.25) is 0 Å². The van der Waals surface area contributed by atoms with Gasteiger partial charge in [-0.2, -0.15) is 0 Å². The van der Waals surface area contributed by atoms with Crippen molar-refractivity contribution in [1.82, 2.24) is 10.2 Å². The van der Waals surface area contributed by atoms with E-state index in [1.165, 1.54) is 25.7 Å². The number of hydrogen-bond acceptors (Lipinski definition) is 5. The molecular weight excluding hydrogens is 412 g/mol. The molecule has 0 heterocycles. The van der Waals surface area contributed by atoms with Crippen LogP contribution >= 0.6 is 0 Å². The van der Waals surface area contributed by atoms with Crippen molar-refractivity contribution in [3.8, 4) is 5.75 Å². The fourth-order valence-corrected chi connectivity index (χ4v) is 3.74. The average molecular weight is 455 g/mol. The van der Waals surface area contributed by atoms with Crippen molar-refractivity contribution in [2.45, 2.75) is 65.0 Å². The van der Waals surface area contributed by atoms with Crippen LogP contribution in [0, 0.1) is 0 Å². The number of ketones is 1. The lowest BCUT2D eigenvalue weighted by Crippen LogP contribution is -2.33. The molecule has 0 spiro atoms. The van der Waals surface area contributed by atoms with Gasteiger partial charge in [0.05, 0.1) is 6.10 Å². The molecule has 2 aromatic rings. The first kappa shape index (κ1) is 27.0. The minimum atomic E-state index is -0.599. The Morgan fingerprint density at radius 3 is 2.21 bits per heavy atom. The fraction of sp³-hybridized carbons (Fsp3) is 0.536. The van der Waals surface area contributed by atoms with Crippen LogP contribution < -0.4 is 10.1 Å². The molecule has 0 saturated carbocycles. The van der Waals surface area contributed by atoms with Gasteiger partial charge in [0.25, 0.3) is 0 Å². The Labute approximate surface area is 200 Å². The van der Waals surface area contributed by atoms with E-state index in [-0.39, 0.29) is 11.8 Å². The van der Waals surface area contributed by atoms with Gasteiger partial charge in [0.2, 0.25) is 0 Å². The molecule has 5 nitrogen and oxygen atoms in total. The molecule has 0 saturated heterocycles. The van der Waals surface area contributed by atoms with Crippen LogP contribution in [0.25, 0.3) is 0 Å². The monoisotopic (exact) mass is 454 g/mol. The first-order valence-electron chi connectivity index (χ1n) is 12.5. The number of Topliss-reactive ketones (excluding diaryl/α,β-unsaturated/α-hetero) is 1. The van der Waals surface area contributed by atoms with Gasteiger partial charge in [-0.25, -0.2) is 0 Å². The summed E-state index contributed by atoms with van der Waals surface area (Å²) in [6.07, 6.45) is 4.65. The van der Waals surface area contributed by atoms with E-state index in [1.54, 1.807) is 0 Å². The highest BCUT2D eigenvalue weighted by Gasteiger charge is 2.16. The lowest BCUT2D eigenvalue weighted by Gasteiger charge is -2.22. The van der Waals surface area contributed by atoms with E-state index in [9.17, 15) is 9.90 Å². The standard InChI is InChI=1S/C28H42N2O3/c1-4-6-19-30(20-7-5-2)21-22-33-26-15-13-24(14-16-26)27(31)17-18-29-23(3)28(32)25-11-9-8-10-12-25/h8-16,23,28-29,32H,4-7,17-22H2,1-3H3. The highest BCUT2D eigenvalue weighted by atomic mass is 16.5. The molecule has 0 aliphatic rings. The van der Waals surface area contributed by atoms with Crippen LogP contribution in [-0.2, 0) is 0 Å². The summed E-state index contributed by atoms with van der Waals surface area (Å²) in [5.41, 5.74) is 1.56. The van der Waals surface area contributed by atoms with Crippen LogP contribution in [0.1, 0.15) is 74.9 Å². The van der Waals surface area contributed by atoms with Crippen molar-refractivity contribution in [2.75, 3.05) is 32.8 Å². The number of aliphatic hydroxyl groups is 1. The highest BCUT2D eigenvalue weighted by molar-refractivity contribution is 5.96. The van der Waals surface area contributed by atoms with Gasteiger partial charge in [-0.3, -0.25) is 9.69 Å². The van der Waals surface area contributed by atoms with E-state index in [2.05, 4.69) is 24.1 Å². The topological polar surface area (TPSA) is 61.8 Å². The zero-order chi connectivity index (χ0) is 23.9. The van der Waals surface area contributed by atoms with E-state index < -0.39 is 6.10 Å². The second kappa shape index (κ2) is 15.6. The molecule has 0 aliphatic carbocycles. The molecule has 2 atom stereocenters. The summed E-state index contributed by atoms with van der Waals surface area (Å²) >= 11 is 0. The Balaban J connectivity index is 1.72. The maximum atomic E-state index is 12.5. The number of benzene rings is 2. The van der Waals surface area contributed by atoms with Gasteiger partial charge in [-0.05, 0) is 62.7 Å². The Morgan fingerprint density at radius 2 is 1.61 bits per heavy atom. The molecule has 2 aromatic carbocycles. The first-order chi connectivity index (χ1) is 16.0. The van der Waals surface area contributed by atoms with Crippen molar-refractivity contribution >= 4 is 5.78 Å². The number of ether oxygens (including phenoxy) is 1. The van der Waals surface area contributed by atoms with Gasteiger partial charge in [-0.1, -0.05) is 57.0 Å². The second-order valence-corrected chi connectivity index (χ2v) is 8.69. The maximum Gasteiger partial charge on any atom is 0.164 e. The van der Waals surface area contributed by atoms with Gasteiger partial charge < -0.3 is 15.2 Å². The quantitative estimate of drug-likeness (QED) is 0.320. The normalized spacial score (nSPS) is 13.1. The van der Waals surface area contributed by atoms with Gasteiger partial charge in [0.15, 0.2) is 5.78 Å². The van der Waals surface area contributed by atoms with Crippen molar-refractivity contribution in [2.24, 2.45) is 0 Å². The Morgan fingerprint density at radius 1 is 0.970 bits per heavy atom. The number of carbonyl (C=O) groups is 1. The van der Waals surface area contributed by atoms with Gasteiger partial charge in [0.1, 0.15) is 12.4 Å². The third kappa shape index (κ3) is 10.1. The molecule has 0 bridgehead atoms. The molecule has 2 N–H and O–H groups in total. The van der Waals surface area contributed by atoms with Gasteiger partial charge in [-0.15, -0.1) is 0 Å². The predicted molar refractivity (Wildman–Crippen MR) is 136 cm³/mol. The summed E-state index contributed by atoms with van der Waals surface area (Å²) in [4.78, 5) is 15.0. The number of hydrogen-bond donors (Lipinski definition) is 2. The lowest BCUT2D eigenvalue weighted by atomic mass is 10.0. The molecule has 33 heavy (non-hydrogen) atoms. The number of carbonyl (C=O) groups excluding carboxylic acids is 1. The van der Waals surface area contributed by atoms with Gasteiger partial charge in [0, 0.05) is 31.1 Å². The third-order valence-electron chi connectivity index (χ3n) is 5.94. The van der Waals surface area contributed by atoms with Gasteiger partial charge >= 0.3 is 0 Å². The molecule has 2 unspecified atom stereocenters. The molecule has 2 rings (SSSR count). The Hall–Kier alpha value is -2.21. The second-order valence-electron chi connectivity index (χ2n) is 8.69. The highest BCUT2D eigenvalue weighted by Crippen LogP contribution is 2.17. The minimum Gasteiger partial charge on any atom is -0.492 e. The minimum absolute atomic E-state index is 0.0840. The molecular formula is C28H42N2O3. The zero-order valence-electron chi connectivity index (χ0n) is 20.6. The largest absolute Gasteiger partial charge is 0.492 e. The summed E-state index contributed by atoms with van der Waals surface area (Å²) in [5, 5.41) is 13.7. The summed E-state index contributed by atoms with van der Waals surface area (Å²) in [7, 11) is 0. The molecule has 5 heteroatoms. The fourth-order valence-electron chi connectivity index (χ4n) is 3.74. The molecule has 0 radical (unpaired) electrons. The summed E-state index contributed by atoms with van der Waals surface area (Å²) in [6, 6.07) is 16.9. The van der Waals surface area contributed by atoms with Crippen molar-refractivity contribution in [3.63, 3.8) is 0 Å². The average Bonchev–Trinajstić information content (AvgIpc) is 2.85. The smallest absolute Gasteiger partial charge is 0.164 e. The number of nitrogens with one attached hydrogen (secondary N) is 1. The Kier molecular flexibility index (Phi) is 12.8. The number of rotatable bonds is 17. The molecule has 0 aliphatic heterocycles. The summed E-state index contributed by atoms with van der Waals surface area (Å²) in [6.45, 7) is 10.7. The Bertz CT molecular complexity index is 771. The number of unbranched alkanes of at least 4 members (excludes halogenated alkanes) is 2. The lowest BCUT2D eigenvalue weighted by molar-refractivity contribution is 0.0972. The predicted octanol–water partition coefficient (Wildman–Crippen LogP) is 5.25. The van der Waals surface area contributed by atoms with Crippen LogP contribution in [0.4, 0.5) is 0 Å². The zero-order valence-corrected chi connectivity index (χ0v) is 20.6. The van der Waals surface area contributed by atoms with Crippen molar-refractivity contribution in [1.29, 1.82) is 0 Å². The van der Waals surface area contributed by atoms with E-state index in [4.69, 9.17) is 4.74 Å². The van der Waals surface area contributed by atoms with Crippen LogP contribution in [0.15, 0.2) is 54.6 Å².